The molecule has 0 bridgehead atoms. The van der Waals surface area contributed by atoms with Crippen LogP contribution in [0.25, 0.3) is 11.1 Å². The standard InChI is InChI=1S/C12H6Cl3NO2/c13-8-3-1-2-6(10(8)14)9-7(12(17)18)4-5-16-11(9)15/h1-5H,(H,17,18). The highest BCUT2D eigenvalue weighted by Gasteiger charge is 2.18. The number of aromatic carboxylic acids is 1. The predicted octanol–water partition coefficient (Wildman–Crippen LogP) is 4.41. The second-order valence-electron chi connectivity index (χ2n) is 3.43. The number of halogens is 3. The topological polar surface area (TPSA) is 50.2 Å². The Bertz CT molecular complexity index is 629. The highest BCUT2D eigenvalue weighted by molar-refractivity contribution is 6.44. The van der Waals surface area contributed by atoms with Crippen molar-refractivity contribution in [2.75, 3.05) is 0 Å². The molecule has 2 rings (SSSR count). The van der Waals surface area contributed by atoms with E-state index < -0.39 is 5.97 Å². The van der Waals surface area contributed by atoms with Crippen LogP contribution in [-0.2, 0) is 0 Å². The highest BCUT2D eigenvalue weighted by Crippen LogP contribution is 2.38. The van der Waals surface area contributed by atoms with Gasteiger partial charge in [-0.1, -0.05) is 46.9 Å². The normalized spacial score (nSPS) is 10.4. The largest absolute Gasteiger partial charge is 0.478 e. The predicted molar refractivity (Wildman–Crippen MR) is 71.7 cm³/mol. The van der Waals surface area contributed by atoms with E-state index in [0.29, 0.717) is 10.6 Å². The van der Waals surface area contributed by atoms with Crippen molar-refractivity contribution >= 4 is 40.8 Å². The lowest BCUT2D eigenvalue weighted by Crippen LogP contribution is -2.01. The summed E-state index contributed by atoms with van der Waals surface area (Å²) in [5.41, 5.74) is 0.734. The first kappa shape index (κ1) is 13.1. The molecule has 1 heterocycles. The van der Waals surface area contributed by atoms with Gasteiger partial charge in [0.25, 0.3) is 0 Å². The lowest BCUT2D eigenvalue weighted by atomic mass is 10.0. The van der Waals surface area contributed by atoms with Gasteiger partial charge >= 0.3 is 5.97 Å². The summed E-state index contributed by atoms with van der Waals surface area (Å²) in [4.78, 5) is 15.1. The second kappa shape index (κ2) is 5.14. The summed E-state index contributed by atoms with van der Waals surface area (Å²) in [7, 11) is 0. The fourth-order valence-electron chi connectivity index (χ4n) is 1.57. The molecule has 0 saturated carbocycles. The van der Waals surface area contributed by atoms with Gasteiger partial charge in [-0.3, -0.25) is 0 Å². The van der Waals surface area contributed by atoms with Gasteiger partial charge in [0.1, 0.15) is 5.15 Å². The van der Waals surface area contributed by atoms with Crippen LogP contribution in [-0.4, -0.2) is 16.1 Å². The first-order valence-corrected chi connectivity index (χ1v) is 5.98. The van der Waals surface area contributed by atoms with Crippen LogP contribution in [0, 0.1) is 0 Å². The van der Waals surface area contributed by atoms with Crippen molar-refractivity contribution in [2.24, 2.45) is 0 Å². The first-order valence-electron chi connectivity index (χ1n) is 4.84. The molecule has 0 spiro atoms. The number of carboxylic acids is 1. The Balaban J connectivity index is 2.78. The van der Waals surface area contributed by atoms with Crippen LogP contribution in [0.4, 0.5) is 0 Å². The van der Waals surface area contributed by atoms with Crippen LogP contribution in [0.3, 0.4) is 0 Å². The Hall–Kier alpha value is -1.29. The molecule has 0 aliphatic carbocycles. The molecule has 0 saturated heterocycles. The highest BCUT2D eigenvalue weighted by atomic mass is 35.5. The van der Waals surface area contributed by atoms with Gasteiger partial charge in [0.2, 0.25) is 0 Å². The van der Waals surface area contributed by atoms with E-state index in [1.165, 1.54) is 12.3 Å². The third kappa shape index (κ3) is 2.29. The summed E-state index contributed by atoms with van der Waals surface area (Å²) in [5.74, 6) is -1.11. The lowest BCUT2D eigenvalue weighted by molar-refractivity contribution is 0.0697. The molecule has 0 amide bonds. The minimum Gasteiger partial charge on any atom is -0.478 e. The summed E-state index contributed by atoms with van der Waals surface area (Å²) < 4.78 is 0. The second-order valence-corrected chi connectivity index (χ2v) is 4.57. The summed E-state index contributed by atoms with van der Waals surface area (Å²) in [6, 6.07) is 6.28. The van der Waals surface area contributed by atoms with E-state index >= 15 is 0 Å². The van der Waals surface area contributed by atoms with E-state index in [4.69, 9.17) is 39.9 Å². The monoisotopic (exact) mass is 301 g/mol. The van der Waals surface area contributed by atoms with Gasteiger partial charge in [0, 0.05) is 17.3 Å². The Labute approximate surface area is 118 Å². The number of carboxylic acid groups (broad SMARTS) is 1. The molecule has 0 unspecified atom stereocenters. The number of carbonyl (C=O) groups is 1. The molecule has 0 radical (unpaired) electrons. The minimum atomic E-state index is -1.11. The Morgan fingerprint density at radius 3 is 2.56 bits per heavy atom. The molecule has 0 aliphatic heterocycles. The smallest absolute Gasteiger partial charge is 0.336 e. The zero-order valence-corrected chi connectivity index (χ0v) is 11.1. The van der Waals surface area contributed by atoms with Crippen molar-refractivity contribution in [3.05, 3.63) is 51.2 Å². The fraction of sp³-hybridized carbons (Fsp3) is 0. The van der Waals surface area contributed by atoms with Crippen LogP contribution >= 0.6 is 34.8 Å². The summed E-state index contributed by atoms with van der Waals surface area (Å²) >= 11 is 17.9. The van der Waals surface area contributed by atoms with Gasteiger partial charge in [-0.05, 0) is 12.1 Å². The van der Waals surface area contributed by atoms with Crippen molar-refractivity contribution in [1.82, 2.24) is 4.98 Å². The number of pyridine rings is 1. The number of benzene rings is 1. The van der Waals surface area contributed by atoms with Crippen LogP contribution in [0.5, 0.6) is 0 Å². The van der Waals surface area contributed by atoms with Crippen molar-refractivity contribution in [3.8, 4) is 11.1 Å². The maximum atomic E-state index is 11.2. The Kier molecular flexibility index (Phi) is 3.76. The van der Waals surface area contributed by atoms with E-state index in [-0.39, 0.29) is 21.3 Å². The molecule has 6 heteroatoms. The fourth-order valence-corrected chi connectivity index (χ4v) is 2.22. The zero-order chi connectivity index (χ0) is 13.3. The van der Waals surface area contributed by atoms with Crippen molar-refractivity contribution in [1.29, 1.82) is 0 Å². The quantitative estimate of drug-likeness (QED) is 0.836. The van der Waals surface area contributed by atoms with E-state index in [0.717, 1.165) is 0 Å². The van der Waals surface area contributed by atoms with E-state index in [1.807, 2.05) is 0 Å². The lowest BCUT2D eigenvalue weighted by Gasteiger charge is -2.10. The molecule has 1 aromatic carbocycles. The molecule has 2 aromatic rings. The van der Waals surface area contributed by atoms with Crippen LogP contribution in [0.15, 0.2) is 30.5 Å². The van der Waals surface area contributed by atoms with E-state index in [2.05, 4.69) is 4.98 Å². The van der Waals surface area contributed by atoms with Crippen molar-refractivity contribution in [3.63, 3.8) is 0 Å². The first-order chi connectivity index (χ1) is 8.52. The minimum absolute atomic E-state index is 0.0270. The summed E-state index contributed by atoms with van der Waals surface area (Å²) in [6.45, 7) is 0. The van der Waals surface area contributed by atoms with Gasteiger partial charge in [-0.2, -0.15) is 0 Å². The van der Waals surface area contributed by atoms with Gasteiger partial charge in [-0.15, -0.1) is 0 Å². The van der Waals surface area contributed by atoms with E-state index in [9.17, 15) is 4.79 Å². The van der Waals surface area contributed by atoms with Gasteiger partial charge in [0.15, 0.2) is 0 Å². The molecule has 92 valence electrons. The zero-order valence-electron chi connectivity index (χ0n) is 8.82. The molecule has 0 fully saturated rings. The number of hydrogen-bond acceptors (Lipinski definition) is 2. The number of hydrogen-bond donors (Lipinski definition) is 1. The van der Waals surface area contributed by atoms with E-state index in [1.54, 1.807) is 18.2 Å². The average molecular weight is 303 g/mol. The number of nitrogens with zero attached hydrogens (tertiary/aromatic N) is 1. The Morgan fingerprint density at radius 1 is 1.17 bits per heavy atom. The molecule has 1 N–H and O–H groups in total. The van der Waals surface area contributed by atoms with Crippen LogP contribution < -0.4 is 0 Å². The molecule has 0 aliphatic rings. The van der Waals surface area contributed by atoms with Crippen LogP contribution in [0.2, 0.25) is 15.2 Å². The molecule has 18 heavy (non-hydrogen) atoms. The molecular formula is C12H6Cl3NO2. The van der Waals surface area contributed by atoms with Gasteiger partial charge < -0.3 is 5.11 Å². The summed E-state index contributed by atoms with van der Waals surface area (Å²) in [5, 5.41) is 9.79. The number of rotatable bonds is 2. The van der Waals surface area contributed by atoms with Crippen LogP contribution in [0.1, 0.15) is 10.4 Å². The third-order valence-corrected chi connectivity index (χ3v) is 3.46. The SMILES string of the molecule is O=C(O)c1ccnc(Cl)c1-c1cccc(Cl)c1Cl. The molecular weight excluding hydrogens is 296 g/mol. The maximum absolute atomic E-state index is 11.2. The average Bonchev–Trinajstić information content (AvgIpc) is 2.33. The third-order valence-electron chi connectivity index (χ3n) is 2.36. The van der Waals surface area contributed by atoms with Gasteiger partial charge in [0.05, 0.1) is 15.6 Å². The molecule has 3 nitrogen and oxygen atoms in total. The summed E-state index contributed by atoms with van der Waals surface area (Å²) in [6.07, 6.45) is 1.33. The molecule has 0 atom stereocenters. The van der Waals surface area contributed by atoms with Crippen molar-refractivity contribution < 1.29 is 9.90 Å². The maximum Gasteiger partial charge on any atom is 0.336 e. The Morgan fingerprint density at radius 2 is 1.89 bits per heavy atom. The van der Waals surface area contributed by atoms with Gasteiger partial charge in [-0.25, -0.2) is 9.78 Å². The molecule has 1 aromatic heterocycles. The van der Waals surface area contributed by atoms with Crippen molar-refractivity contribution in [2.45, 2.75) is 0 Å². The number of aromatic nitrogens is 1.